The maximum Gasteiger partial charge on any atom is 0.165 e. The third-order valence-electron chi connectivity index (χ3n) is 3.23. The van der Waals surface area contributed by atoms with Crippen molar-refractivity contribution in [1.82, 2.24) is 5.32 Å². The van der Waals surface area contributed by atoms with E-state index in [1.165, 1.54) is 12.8 Å². The van der Waals surface area contributed by atoms with E-state index >= 15 is 0 Å². The summed E-state index contributed by atoms with van der Waals surface area (Å²) in [5.74, 6) is 1.56. The minimum Gasteiger partial charge on any atom is -0.490 e. The largest absolute Gasteiger partial charge is 0.490 e. The van der Waals surface area contributed by atoms with Crippen LogP contribution in [0.15, 0.2) is 18.2 Å². The molecule has 21 heavy (non-hydrogen) atoms. The highest BCUT2D eigenvalue weighted by molar-refractivity contribution is 5.46. The van der Waals surface area contributed by atoms with Crippen molar-refractivity contribution >= 4 is 0 Å². The fraction of sp³-hybridized carbons (Fsp3) is 0.625. The Labute approximate surface area is 126 Å². The molecule has 5 heteroatoms. The molecule has 0 bridgehead atoms. The number of hydrogen-bond donors (Lipinski definition) is 2. The zero-order valence-electron chi connectivity index (χ0n) is 12.6. The van der Waals surface area contributed by atoms with Crippen molar-refractivity contribution < 1.29 is 19.3 Å². The third-order valence-corrected chi connectivity index (χ3v) is 3.23. The van der Waals surface area contributed by atoms with E-state index in [4.69, 9.17) is 19.3 Å². The van der Waals surface area contributed by atoms with Crippen molar-refractivity contribution in [3.05, 3.63) is 23.8 Å². The smallest absolute Gasteiger partial charge is 0.165 e. The Hall–Kier alpha value is -1.30. The molecular weight excluding hydrogens is 270 g/mol. The maximum atomic E-state index is 8.67. The van der Waals surface area contributed by atoms with Crippen molar-refractivity contribution in [2.24, 2.45) is 0 Å². The summed E-state index contributed by atoms with van der Waals surface area (Å²) < 4.78 is 16.7. The van der Waals surface area contributed by atoms with Crippen LogP contribution in [-0.2, 0) is 11.3 Å². The molecule has 0 aromatic heterocycles. The molecule has 0 heterocycles. The summed E-state index contributed by atoms with van der Waals surface area (Å²) in [5.41, 5.74) is 1.11. The molecule has 1 aliphatic rings. The average molecular weight is 295 g/mol. The summed E-state index contributed by atoms with van der Waals surface area (Å²) in [6, 6.07) is 6.63. The number of ether oxygens (including phenoxy) is 3. The lowest BCUT2D eigenvalue weighted by molar-refractivity contribution is 0.0695. The van der Waals surface area contributed by atoms with Crippen molar-refractivity contribution in [2.75, 3.05) is 33.0 Å². The summed E-state index contributed by atoms with van der Waals surface area (Å²) in [5, 5.41) is 12.2. The zero-order valence-corrected chi connectivity index (χ0v) is 12.6. The van der Waals surface area contributed by atoms with Crippen molar-refractivity contribution in [1.29, 1.82) is 0 Å². The van der Waals surface area contributed by atoms with Crippen LogP contribution in [0.5, 0.6) is 11.5 Å². The molecule has 1 fully saturated rings. The Morgan fingerprint density at radius 3 is 2.76 bits per heavy atom. The van der Waals surface area contributed by atoms with Crippen LogP contribution in [0.1, 0.15) is 25.3 Å². The van der Waals surface area contributed by atoms with Crippen LogP contribution in [0.4, 0.5) is 0 Å². The summed E-state index contributed by atoms with van der Waals surface area (Å²) in [6.07, 6.45) is 2.52. The van der Waals surface area contributed by atoms with E-state index < -0.39 is 0 Å². The van der Waals surface area contributed by atoms with Crippen molar-refractivity contribution in [3.63, 3.8) is 0 Å². The number of nitrogens with one attached hydrogen (secondary N) is 1. The first-order valence-corrected chi connectivity index (χ1v) is 7.64. The predicted molar refractivity (Wildman–Crippen MR) is 80.9 cm³/mol. The molecule has 0 spiro atoms. The van der Waals surface area contributed by atoms with Gasteiger partial charge in [0.2, 0.25) is 0 Å². The Morgan fingerprint density at radius 2 is 2.05 bits per heavy atom. The summed E-state index contributed by atoms with van der Waals surface area (Å²) in [7, 11) is 0. The van der Waals surface area contributed by atoms with Crippen LogP contribution in [0.25, 0.3) is 0 Å². The lowest BCUT2D eigenvalue weighted by Gasteiger charge is -2.16. The normalized spacial score (nSPS) is 14.2. The van der Waals surface area contributed by atoms with Gasteiger partial charge in [-0.2, -0.15) is 0 Å². The number of para-hydroxylation sites is 1. The van der Waals surface area contributed by atoms with Crippen LogP contribution in [0.2, 0.25) is 0 Å². The lowest BCUT2D eigenvalue weighted by atomic mass is 10.2. The van der Waals surface area contributed by atoms with Crippen LogP contribution in [0, 0.1) is 0 Å². The fourth-order valence-corrected chi connectivity index (χ4v) is 2.04. The van der Waals surface area contributed by atoms with Crippen molar-refractivity contribution in [2.45, 2.75) is 32.4 Å². The van der Waals surface area contributed by atoms with Crippen LogP contribution < -0.4 is 14.8 Å². The van der Waals surface area contributed by atoms with Gasteiger partial charge in [-0.05, 0) is 25.8 Å². The number of hydrogen-bond acceptors (Lipinski definition) is 5. The molecule has 118 valence electrons. The molecule has 0 saturated heterocycles. The van der Waals surface area contributed by atoms with Gasteiger partial charge in [0, 0.05) is 18.2 Å². The maximum absolute atomic E-state index is 8.67. The van der Waals surface area contributed by atoms with Gasteiger partial charge in [-0.1, -0.05) is 12.1 Å². The molecule has 1 aromatic carbocycles. The van der Waals surface area contributed by atoms with Gasteiger partial charge in [-0.3, -0.25) is 0 Å². The highest BCUT2D eigenvalue weighted by atomic mass is 16.5. The number of rotatable bonds is 11. The van der Waals surface area contributed by atoms with Gasteiger partial charge in [0.15, 0.2) is 11.5 Å². The van der Waals surface area contributed by atoms with Gasteiger partial charge in [-0.15, -0.1) is 0 Å². The average Bonchev–Trinajstić information content (AvgIpc) is 3.31. The molecule has 1 aliphatic carbocycles. The SMILES string of the molecule is CCOc1cccc(CNC2CC2)c1OCCOCCO. The molecule has 1 aromatic rings. The fourth-order valence-electron chi connectivity index (χ4n) is 2.04. The molecule has 0 amide bonds. The number of benzene rings is 1. The number of aliphatic hydroxyl groups is 1. The first-order valence-electron chi connectivity index (χ1n) is 7.64. The second-order valence-electron chi connectivity index (χ2n) is 5.02. The van der Waals surface area contributed by atoms with E-state index in [0.717, 1.165) is 23.6 Å². The Kier molecular flexibility index (Phi) is 6.79. The van der Waals surface area contributed by atoms with Gasteiger partial charge in [-0.25, -0.2) is 0 Å². The van der Waals surface area contributed by atoms with E-state index in [-0.39, 0.29) is 6.61 Å². The monoisotopic (exact) mass is 295 g/mol. The highest BCUT2D eigenvalue weighted by Crippen LogP contribution is 2.32. The molecule has 2 N–H and O–H groups in total. The summed E-state index contributed by atoms with van der Waals surface area (Å²) >= 11 is 0. The van der Waals surface area contributed by atoms with E-state index in [9.17, 15) is 0 Å². The molecule has 0 atom stereocenters. The summed E-state index contributed by atoms with van der Waals surface area (Å²) in [6.45, 7) is 4.63. The second kappa shape index (κ2) is 8.87. The highest BCUT2D eigenvalue weighted by Gasteiger charge is 2.21. The first kappa shape index (κ1) is 16.1. The predicted octanol–water partition coefficient (Wildman–Crippen LogP) is 1.72. The van der Waals surface area contributed by atoms with E-state index in [1.54, 1.807) is 0 Å². The van der Waals surface area contributed by atoms with Crippen LogP contribution >= 0.6 is 0 Å². The van der Waals surface area contributed by atoms with Gasteiger partial charge >= 0.3 is 0 Å². The van der Waals surface area contributed by atoms with E-state index in [2.05, 4.69) is 11.4 Å². The topological polar surface area (TPSA) is 60.0 Å². The van der Waals surface area contributed by atoms with Crippen LogP contribution in [-0.4, -0.2) is 44.2 Å². The zero-order chi connectivity index (χ0) is 14.9. The molecule has 0 radical (unpaired) electrons. The Morgan fingerprint density at radius 1 is 1.19 bits per heavy atom. The second-order valence-corrected chi connectivity index (χ2v) is 5.02. The lowest BCUT2D eigenvalue weighted by Crippen LogP contribution is -2.17. The Balaban J connectivity index is 1.94. The molecule has 1 saturated carbocycles. The molecule has 5 nitrogen and oxygen atoms in total. The minimum atomic E-state index is 0.0338. The van der Waals surface area contributed by atoms with E-state index in [1.807, 2.05) is 19.1 Å². The third kappa shape index (κ3) is 5.53. The van der Waals surface area contributed by atoms with Gasteiger partial charge < -0.3 is 24.6 Å². The van der Waals surface area contributed by atoms with E-state index in [0.29, 0.717) is 32.5 Å². The van der Waals surface area contributed by atoms with Crippen LogP contribution in [0.3, 0.4) is 0 Å². The van der Waals surface area contributed by atoms with Gasteiger partial charge in [0.05, 0.1) is 26.4 Å². The van der Waals surface area contributed by atoms with Gasteiger partial charge in [0.25, 0.3) is 0 Å². The first-order chi connectivity index (χ1) is 10.3. The van der Waals surface area contributed by atoms with Gasteiger partial charge in [0.1, 0.15) is 6.61 Å². The standard InChI is InChI=1S/C16H25NO4/c1-2-20-15-5-3-4-13(12-17-14-6-7-14)16(15)21-11-10-19-9-8-18/h3-5,14,17-18H,2,6-12H2,1H3. The molecular formula is C16H25NO4. The molecule has 2 rings (SSSR count). The molecule has 0 aliphatic heterocycles. The molecule has 0 unspecified atom stereocenters. The number of aliphatic hydroxyl groups excluding tert-OH is 1. The quantitative estimate of drug-likeness (QED) is 0.609. The summed E-state index contributed by atoms with van der Waals surface area (Å²) in [4.78, 5) is 0. The Bertz CT molecular complexity index is 421. The minimum absolute atomic E-state index is 0.0338. The van der Waals surface area contributed by atoms with Crippen molar-refractivity contribution in [3.8, 4) is 11.5 Å².